The van der Waals surface area contributed by atoms with Crippen molar-refractivity contribution >= 4 is 17.3 Å². The Bertz CT molecular complexity index is 457. The predicted octanol–water partition coefficient (Wildman–Crippen LogP) is 4.85. The van der Waals surface area contributed by atoms with Crippen molar-refractivity contribution in [1.29, 1.82) is 0 Å². The minimum Gasteiger partial charge on any atom is -0.371 e. The number of nitrogens with one attached hydrogen (secondary N) is 1. The summed E-state index contributed by atoms with van der Waals surface area (Å²) in [5.41, 5.74) is 2.57. The Hall–Kier alpha value is -0.730. The third-order valence-electron chi connectivity index (χ3n) is 4.40. The van der Waals surface area contributed by atoms with Gasteiger partial charge in [0.1, 0.15) is 0 Å². The molecule has 1 heterocycles. The Morgan fingerprint density at radius 2 is 1.90 bits per heavy atom. The average molecular weight is 309 g/mol. The molecule has 2 rings (SSSR count). The van der Waals surface area contributed by atoms with Gasteiger partial charge in [0.2, 0.25) is 0 Å². The number of hydrogen-bond donors (Lipinski definition) is 1. The summed E-state index contributed by atoms with van der Waals surface area (Å²) in [6.07, 6.45) is 3.93. The number of piperidine rings is 1. The van der Waals surface area contributed by atoms with Crippen LogP contribution in [0, 0.1) is 5.92 Å². The van der Waals surface area contributed by atoms with Crippen molar-refractivity contribution in [3.05, 3.63) is 28.8 Å². The highest BCUT2D eigenvalue weighted by Crippen LogP contribution is 2.28. The maximum atomic E-state index is 6.47. The van der Waals surface area contributed by atoms with E-state index in [0.29, 0.717) is 0 Å². The summed E-state index contributed by atoms with van der Waals surface area (Å²) in [4.78, 5) is 2.47. The fourth-order valence-electron chi connectivity index (χ4n) is 2.84. The molecular weight excluding hydrogens is 280 g/mol. The third kappa shape index (κ3) is 4.89. The summed E-state index contributed by atoms with van der Waals surface area (Å²) in [7, 11) is 0. The van der Waals surface area contributed by atoms with Gasteiger partial charge in [-0.15, -0.1) is 0 Å². The lowest BCUT2D eigenvalue weighted by atomic mass is 9.94. The summed E-state index contributed by atoms with van der Waals surface area (Å²) < 4.78 is 0. The maximum absolute atomic E-state index is 6.47. The standard InChI is InChI=1S/C18H29ClN2/c1-5-14-8-10-21(11-9-14)16-7-6-15(17(19)12-16)13-20-18(2,3)4/h6-7,12,14,20H,5,8-11,13H2,1-4H3. The quantitative estimate of drug-likeness (QED) is 0.855. The van der Waals surface area contributed by atoms with E-state index >= 15 is 0 Å². The summed E-state index contributed by atoms with van der Waals surface area (Å²) in [5.74, 6) is 0.909. The molecule has 1 aliphatic rings. The van der Waals surface area contributed by atoms with Crippen LogP contribution in [0.4, 0.5) is 5.69 Å². The molecule has 21 heavy (non-hydrogen) atoms. The van der Waals surface area contributed by atoms with Crippen molar-refractivity contribution in [3.63, 3.8) is 0 Å². The molecule has 1 saturated heterocycles. The van der Waals surface area contributed by atoms with Gasteiger partial charge in [0.05, 0.1) is 0 Å². The normalized spacial score (nSPS) is 17.3. The second-order valence-electron chi connectivity index (χ2n) is 7.22. The summed E-state index contributed by atoms with van der Waals surface area (Å²) >= 11 is 6.47. The highest BCUT2D eigenvalue weighted by Gasteiger charge is 2.18. The van der Waals surface area contributed by atoms with Gasteiger partial charge < -0.3 is 10.2 Å². The lowest BCUT2D eigenvalue weighted by molar-refractivity contribution is 0.395. The van der Waals surface area contributed by atoms with E-state index in [1.165, 1.54) is 30.5 Å². The number of halogens is 1. The Kier molecular flexibility index (Phi) is 5.56. The molecule has 3 heteroatoms. The van der Waals surface area contributed by atoms with Crippen LogP contribution in [0.5, 0.6) is 0 Å². The van der Waals surface area contributed by atoms with Gasteiger partial charge in [-0.05, 0) is 57.2 Å². The van der Waals surface area contributed by atoms with Gasteiger partial charge in [-0.2, -0.15) is 0 Å². The first-order chi connectivity index (χ1) is 9.89. The Balaban J connectivity index is 1.99. The van der Waals surface area contributed by atoms with Crippen LogP contribution in [0.25, 0.3) is 0 Å². The summed E-state index contributed by atoms with van der Waals surface area (Å²) in [5, 5.41) is 4.37. The van der Waals surface area contributed by atoms with Crippen LogP contribution >= 0.6 is 11.6 Å². The largest absolute Gasteiger partial charge is 0.371 e. The van der Waals surface area contributed by atoms with E-state index in [2.05, 4.69) is 56.1 Å². The molecule has 0 aliphatic carbocycles. The van der Waals surface area contributed by atoms with Gasteiger partial charge in [-0.1, -0.05) is 31.0 Å². The van der Waals surface area contributed by atoms with Crippen LogP contribution in [0.3, 0.4) is 0 Å². The van der Waals surface area contributed by atoms with Gasteiger partial charge in [-0.3, -0.25) is 0 Å². The number of rotatable bonds is 4. The molecule has 1 aromatic carbocycles. The first kappa shape index (κ1) is 16.6. The number of anilines is 1. The van der Waals surface area contributed by atoms with E-state index in [1.807, 2.05) is 0 Å². The van der Waals surface area contributed by atoms with Gasteiger partial charge in [-0.25, -0.2) is 0 Å². The fraction of sp³-hybridized carbons (Fsp3) is 0.667. The van der Waals surface area contributed by atoms with E-state index in [4.69, 9.17) is 11.6 Å². The predicted molar refractivity (Wildman–Crippen MR) is 93.3 cm³/mol. The Morgan fingerprint density at radius 1 is 1.24 bits per heavy atom. The molecule has 0 saturated carbocycles. The monoisotopic (exact) mass is 308 g/mol. The van der Waals surface area contributed by atoms with Crippen molar-refractivity contribution in [2.45, 2.75) is 59.0 Å². The second kappa shape index (κ2) is 7.02. The molecule has 118 valence electrons. The SMILES string of the molecule is CCC1CCN(c2ccc(CNC(C)(C)C)c(Cl)c2)CC1. The van der Waals surface area contributed by atoms with Crippen molar-refractivity contribution < 1.29 is 0 Å². The lowest BCUT2D eigenvalue weighted by Gasteiger charge is -2.33. The highest BCUT2D eigenvalue weighted by molar-refractivity contribution is 6.31. The van der Waals surface area contributed by atoms with Crippen molar-refractivity contribution in [2.75, 3.05) is 18.0 Å². The Labute approximate surface area is 134 Å². The topological polar surface area (TPSA) is 15.3 Å². The van der Waals surface area contributed by atoms with Crippen LogP contribution < -0.4 is 10.2 Å². The van der Waals surface area contributed by atoms with E-state index < -0.39 is 0 Å². The van der Waals surface area contributed by atoms with E-state index in [9.17, 15) is 0 Å². The molecule has 0 amide bonds. The lowest BCUT2D eigenvalue weighted by Crippen LogP contribution is -2.35. The molecule has 0 atom stereocenters. The molecule has 1 N–H and O–H groups in total. The molecule has 2 nitrogen and oxygen atoms in total. The molecule has 0 unspecified atom stereocenters. The van der Waals surface area contributed by atoms with Gasteiger partial charge in [0.15, 0.2) is 0 Å². The van der Waals surface area contributed by atoms with Crippen LogP contribution in [0.1, 0.15) is 52.5 Å². The fourth-order valence-corrected chi connectivity index (χ4v) is 3.08. The van der Waals surface area contributed by atoms with Crippen molar-refractivity contribution in [1.82, 2.24) is 5.32 Å². The first-order valence-corrected chi connectivity index (χ1v) is 8.55. The van der Waals surface area contributed by atoms with Crippen LogP contribution in [0.15, 0.2) is 18.2 Å². The van der Waals surface area contributed by atoms with E-state index in [0.717, 1.165) is 30.6 Å². The van der Waals surface area contributed by atoms with Gasteiger partial charge in [0.25, 0.3) is 0 Å². The number of hydrogen-bond acceptors (Lipinski definition) is 2. The third-order valence-corrected chi connectivity index (χ3v) is 4.75. The zero-order valence-electron chi connectivity index (χ0n) is 13.9. The average Bonchev–Trinajstić information content (AvgIpc) is 2.45. The summed E-state index contributed by atoms with van der Waals surface area (Å²) in [6, 6.07) is 6.52. The van der Waals surface area contributed by atoms with Gasteiger partial charge in [0, 0.05) is 35.9 Å². The zero-order chi connectivity index (χ0) is 15.5. The molecule has 0 aromatic heterocycles. The molecule has 0 radical (unpaired) electrons. The molecule has 0 bridgehead atoms. The van der Waals surface area contributed by atoms with Crippen LogP contribution in [-0.2, 0) is 6.54 Å². The van der Waals surface area contributed by atoms with Crippen molar-refractivity contribution in [2.24, 2.45) is 5.92 Å². The van der Waals surface area contributed by atoms with Gasteiger partial charge >= 0.3 is 0 Å². The molecule has 1 fully saturated rings. The maximum Gasteiger partial charge on any atom is 0.0471 e. The molecule has 1 aliphatic heterocycles. The van der Waals surface area contributed by atoms with E-state index in [-0.39, 0.29) is 5.54 Å². The molecule has 1 aromatic rings. The first-order valence-electron chi connectivity index (χ1n) is 8.17. The smallest absolute Gasteiger partial charge is 0.0471 e. The van der Waals surface area contributed by atoms with Crippen molar-refractivity contribution in [3.8, 4) is 0 Å². The summed E-state index contributed by atoms with van der Waals surface area (Å²) in [6.45, 7) is 12.0. The zero-order valence-corrected chi connectivity index (χ0v) is 14.6. The van der Waals surface area contributed by atoms with Crippen LogP contribution in [0.2, 0.25) is 5.02 Å². The van der Waals surface area contributed by atoms with E-state index in [1.54, 1.807) is 0 Å². The second-order valence-corrected chi connectivity index (χ2v) is 7.63. The number of nitrogens with zero attached hydrogens (tertiary/aromatic N) is 1. The Morgan fingerprint density at radius 3 is 2.43 bits per heavy atom. The molecule has 0 spiro atoms. The molecular formula is C18H29ClN2. The minimum atomic E-state index is 0.115. The minimum absolute atomic E-state index is 0.115. The van der Waals surface area contributed by atoms with Crippen LogP contribution in [-0.4, -0.2) is 18.6 Å². The highest BCUT2D eigenvalue weighted by atomic mass is 35.5. The number of benzene rings is 1.